The lowest BCUT2D eigenvalue weighted by atomic mass is 10.1. The maximum absolute atomic E-state index is 4.69. The van der Waals surface area contributed by atoms with Crippen LogP contribution >= 0.6 is 31.9 Å². The Hall–Kier alpha value is -1.39. The number of aromatic nitrogens is 2. The lowest BCUT2D eigenvalue weighted by Gasteiger charge is -2.01. The topological polar surface area (TPSA) is 28.7 Å². The molecule has 0 spiro atoms. The van der Waals surface area contributed by atoms with E-state index in [1.165, 1.54) is 5.56 Å². The Morgan fingerprint density at radius 3 is 2.52 bits per heavy atom. The molecular formula is C17H14Br2N2. The third kappa shape index (κ3) is 3.63. The number of aryl methyl sites for hydroxylation is 2. The summed E-state index contributed by atoms with van der Waals surface area (Å²) >= 11 is 7.05. The minimum Gasteiger partial charge on any atom is -0.348 e. The number of imidazole rings is 1. The van der Waals surface area contributed by atoms with E-state index >= 15 is 0 Å². The Bertz CT molecular complexity index is 736. The van der Waals surface area contributed by atoms with Gasteiger partial charge in [-0.15, -0.1) is 0 Å². The van der Waals surface area contributed by atoms with Gasteiger partial charge in [-0.3, -0.25) is 0 Å². The van der Waals surface area contributed by atoms with Crippen molar-refractivity contribution in [2.75, 3.05) is 0 Å². The van der Waals surface area contributed by atoms with Crippen molar-refractivity contribution in [1.82, 2.24) is 9.97 Å². The Balaban J connectivity index is 1.74. The Morgan fingerprint density at radius 1 is 0.952 bits per heavy atom. The van der Waals surface area contributed by atoms with Gasteiger partial charge in [0.25, 0.3) is 0 Å². The van der Waals surface area contributed by atoms with Gasteiger partial charge in [-0.05, 0) is 24.1 Å². The molecule has 1 N–H and O–H groups in total. The molecule has 2 nitrogen and oxygen atoms in total. The molecule has 0 aliphatic carbocycles. The van der Waals surface area contributed by atoms with E-state index < -0.39 is 0 Å². The van der Waals surface area contributed by atoms with Crippen molar-refractivity contribution in [2.45, 2.75) is 12.8 Å². The molecule has 1 aromatic heterocycles. The number of rotatable bonds is 4. The van der Waals surface area contributed by atoms with Crippen LogP contribution < -0.4 is 0 Å². The molecule has 4 heteroatoms. The summed E-state index contributed by atoms with van der Waals surface area (Å²) in [5.41, 5.74) is 3.40. The monoisotopic (exact) mass is 404 g/mol. The van der Waals surface area contributed by atoms with E-state index in [-0.39, 0.29) is 0 Å². The van der Waals surface area contributed by atoms with Crippen molar-refractivity contribution < 1.29 is 0 Å². The van der Waals surface area contributed by atoms with E-state index in [1.807, 2.05) is 24.4 Å². The molecule has 0 unspecified atom stereocenters. The maximum atomic E-state index is 4.69. The Morgan fingerprint density at radius 2 is 1.76 bits per heavy atom. The lowest BCUT2D eigenvalue weighted by molar-refractivity contribution is 0.885. The van der Waals surface area contributed by atoms with E-state index in [9.17, 15) is 0 Å². The zero-order valence-electron chi connectivity index (χ0n) is 11.3. The van der Waals surface area contributed by atoms with Crippen LogP contribution in [0, 0.1) is 0 Å². The molecule has 0 saturated heterocycles. The first kappa shape index (κ1) is 14.5. The van der Waals surface area contributed by atoms with Crippen molar-refractivity contribution in [3.05, 3.63) is 75.1 Å². The van der Waals surface area contributed by atoms with Crippen molar-refractivity contribution in [3.8, 4) is 11.3 Å². The first-order chi connectivity index (χ1) is 10.2. The van der Waals surface area contributed by atoms with Crippen LogP contribution in [0.4, 0.5) is 0 Å². The van der Waals surface area contributed by atoms with E-state index in [1.54, 1.807) is 0 Å². The van der Waals surface area contributed by atoms with Crippen LogP contribution in [-0.4, -0.2) is 9.97 Å². The minimum atomic E-state index is 0.915. The highest BCUT2D eigenvalue weighted by molar-refractivity contribution is 9.11. The summed E-state index contributed by atoms with van der Waals surface area (Å²) in [5, 5.41) is 0. The number of nitrogens with one attached hydrogen (secondary N) is 1. The molecule has 2 aromatic carbocycles. The van der Waals surface area contributed by atoms with E-state index in [0.717, 1.165) is 38.9 Å². The predicted molar refractivity (Wildman–Crippen MR) is 93.3 cm³/mol. The van der Waals surface area contributed by atoms with E-state index in [0.29, 0.717) is 0 Å². The number of H-pyrrole nitrogens is 1. The average Bonchev–Trinajstić information content (AvgIpc) is 2.95. The summed E-state index contributed by atoms with van der Waals surface area (Å²) in [6, 6.07) is 16.6. The zero-order chi connectivity index (χ0) is 14.7. The molecule has 0 amide bonds. The van der Waals surface area contributed by atoms with Gasteiger partial charge in [0.1, 0.15) is 5.82 Å². The average molecular weight is 406 g/mol. The first-order valence-electron chi connectivity index (χ1n) is 6.76. The third-order valence-electron chi connectivity index (χ3n) is 3.33. The van der Waals surface area contributed by atoms with Crippen LogP contribution in [0.25, 0.3) is 11.3 Å². The second-order valence-electron chi connectivity index (χ2n) is 4.84. The molecular weight excluding hydrogens is 392 g/mol. The summed E-state index contributed by atoms with van der Waals surface area (Å²) in [6.07, 6.45) is 3.88. The SMILES string of the molecule is Brc1ccc(-c2c[nH]c(CCc3ccccc3)n2)c(Br)c1. The summed E-state index contributed by atoms with van der Waals surface area (Å²) < 4.78 is 2.09. The molecule has 0 aliphatic rings. The summed E-state index contributed by atoms with van der Waals surface area (Å²) in [4.78, 5) is 7.96. The quantitative estimate of drug-likeness (QED) is 0.619. The van der Waals surface area contributed by atoms with Crippen LogP contribution in [0.3, 0.4) is 0 Å². The number of hydrogen-bond donors (Lipinski definition) is 1. The largest absolute Gasteiger partial charge is 0.348 e. The fraction of sp³-hybridized carbons (Fsp3) is 0.118. The highest BCUT2D eigenvalue weighted by Crippen LogP contribution is 2.29. The van der Waals surface area contributed by atoms with E-state index in [4.69, 9.17) is 0 Å². The van der Waals surface area contributed by atoms with Gasteiger partial charge in [-0.1, -0.05) is 68.3 Å². The molecule has 0 radical (unpaired) electrons. The molecule has 1 heterocycles. The molecule has 21 heavy (non-hydrogen) atoms. The van der Waals surface area contributed by atoms with Crippen LogP contribution in [0.1, 0.15) is 11.4 Å². The number of halogens is 2. The van der Waals surface area contributed by atoms with Crippen LogP contribution in [0.15, 0.2) is 63.7 Å². The lowest BCUT2D eigenvalue weighted by Crippen LogP contribution is -1.93. The predicted octanol–water partition coefficient (Wildman–Crippen LogP) is 5.39. The first-order valence-corrected chi connectivity index (χ1v) is 8.34. The van der Waals surface area contributed by atoms with Gasteiger partial charge in [0.15, 0.2) is 0 Å². The van der Waals surface area contributed by atoms with Gasteiger partial charge >= 0.3 is 0 Å². The van der Waals surface area contributed by atoms with Gasteiger partial charge in [-0.2, -0.15) is 0 Å². The highest BCUT2D eigenvalue weighted by atomic mass is 79.9. The number of nitrogens with zero attached hydrogens (tertiary/aromatic N) is 1. The highest BCUT2D eigenvalue weighted by Gasteiger charge is 2.08. The molecule has 0 fully saturated rings. The third-order valence-corrected chi connectivity index (χ3v) is 4.48. The summed E-state index contributed by atoms with van der Waals surface area (Å²) in [5.74, 6) is 1.02. The minimum absolute atomic E-state index is 0.915. The summed E-state index contributed by atoms with van der Waals surface area (Å²) in [6.45, 7) is 0. The second-order valence-corrected chi connectivity index (χ2v) is 6.61. The molecule has 106 valence electrons. The number of benzene rings is 2. The van der Waals surface area contributed by atoms with Crippen LogP contribution in [0.2, 0.25) is 0 Å². The molecule has 3 rings (SSSR count). The van der Waals surface area contributed by atoms with Crippen LogP contribution in [-0.2, 0) is 12.8 Å². The fourth-order valence-corrected chi connectivity index (χ4v) is 3.48. The Kier molecular flexibility index (Phi) is 4.56. The normalized spacial score (nSPS) is 10.8. The molecule has 0 aliphatic heterocycles. The van der Waals surface area contributed by atoms with Crippen molar-refractivity contribution in [3.63, 3.8) is 0 Å². The smallest absolute Gasteiger partial charge is 0.107 e. The molecule has 0 saturated carbocycles. The van der Waals surface area contributed by atoms with Crippen molar-refractivity contribution in [2.24, 2.45) is 0 Å². The fourth-order valence-electron chi connectivity index (χ4n) is 2.23. The van der Waals surface area contributed by atoms with Gasteiger partial charge in [-0.25, -0.2) is 4.98 Å². The van der Waals surface area contributed by atoms with Crippen molar-refractivity contribution >= 4 is 31.9 Å². The zero-order valence-corrected chi connectivity index (χ0v) is 14.5. The van der Waals surface area contributed by atoms with Crippen molar-refractivity contribution in [1.29, 1.82) is 0 Å². The Labute approximate surface area is 140 Å². The summed E-state index contributed by atoms with van der Waals surface area (Å²) in [7, 11) is 0. The standard InChI is InChI=1S/C17H14Br2N2/c18-13-7-8-14(15(19)10-13)16-11-20-17(21-16)9-6-12-4-2-1-3-5-12/h1-5,7-8,10-11H,6,9H2,(H,20,21). The second kappa shape index (κ2) is 6.58. The maximum Gasteiger partial charge on any atom is 0.107 e. The van der Waals surface area contributed by atoms with Gasteiger partial charge in [0.05, 0.1) is 5.69 Å². The molecule has 0 atom stereocenters. The van der Waals surface area contributed by atoms with Gasteiger partial charge in [0, 0.05) is 27.1 Å². The van der Waals surface area contributed by atoms with Gasteiger partial charge in [0.2, 0.25) is 0 Å². The molecule has 3 aromatic rings. The number of hydrogen-bond acceptors (Lipinski definition) is 1. The van der Waals surface area contributed by atoms with Gasteiger partial charge < -0.3 is 4.98 Å². The number of aromatic amines is 1. The molecule has 0 bridgehead atoms. The van der Waals surface area contributed by atoms with E-state index in [2.05, 4.69) is 72.2 Å². The van der Waals surface area contributed by atoms with Crippen LogP contribution in [0.5, 0.6) is 0 Å².